The number of aromatic nitrogens is 1. The van der Waals surface area contributed by atoms with Crippen LogP contribution in [0.5, 0.6) is 0 Å². The summed E-state index contributed by atoms with van der Waals surface area (Å²) in [5, 5.41) is 8.84. The molecular formula is C14H13N3. The van der Waals surface area contributed by atoms with E-state index in [1.165, 1.54) is 5.56 Å². The fourth-order valence-corrected chi connectivity index (χ4v) is 1.72. The van der Waals surface area contributed by atoms with Crippen LogP contribution < -0.4 is 5.73 Å². The maximum Gasteiger partial charge on any atom is 0.0991 e. The van der Waals surface area contributed by atoms with Gasteiger partial charge in [0.15, 0.2) is 0 Å². The third-order valence-corrected chi connectivity index (χ3v) is 2.68. The molecule has 3 nitrogen and oxygen atoms in total. The zero-order valence-corrected chi connectivity index (χ0v) is 9.43. The molecule has 0 spiro atoms. The molecule has 84 valence electrons. The summed E-state index contributed by atoms with van der Waals surface area (Å²) in [6, 6.07) is 11.5. The van der Waals surface area contributed by atoms with Gasteiger partial charge >= 0.3 is 0 Å². The highest BCUT2D eigenvalue weighted by atomic mass is 14.6. The highest BCUT2D eigenvalue weighted by Crippen LogP contribution is 2.16. The van der Waals surface area contributed by atoms with Gasteiger partial charge in [0, 0.05) is 18.1 Å². The summed E-state index contributed by atoms with van der Waals surface area (Å²) in [6.45, 7) is 0. The van der Waals surface area contributed by atoms with Crippen LogP contribution in [0, 0.1) is 11.3 Å². The number of nitrogens with zero attached hydrogens (tertiary/aromatic N) is 2. The second kappa shape index (κ2) is 5.13. The molecule has 3 heteroatoms. The van der Waals surface area contributed by atoms with Gasteiger partial charge in [0.05, 0.1) is 11.6 Å². The van der Waals surface area contributed by atoms with Crippen molar-refractivity contribution in [3.8, 4) is 6.07 Å². The van der Waals surface area contributed by atoms with Gasteiger partial charge in [-0.15, -0.1) is 0 Å². The van der Waals surface area contributed by atoms with E-state index < -0.39 is 0 Å². The van der Waals surface area contributed by atoms with Crippen molar-refractivity contribution < 1.29 is 0 Å². The summed E-state index contributed by atoms with van der Waals surface area (Å²) < 4.78 is 0. The van der Waals surface area contributed by atoms with Gasteiger partial charge in [0.1, 0.15) is 0 Å². The minimum atomic E-state index is 0.653. The number of hydrogen-bond donors (Lipinski definition) is 1. The lowest BCUT2D eigenvalue weighted by Gasteiger charge is -2.05. The van der Waals surface area contributed by atoms with Crippen LogP contribution in [0.15, 0.2) is 42.7 Å². The Bertz CT molecular complexity index is 541. The molecule has 0 aliphatic carbocycles. The normalized spacial score (nSPS) is 9.82. The van der Waals surface area contributed by atoms with E-state index in [-0.39, 0.29) is 0 Å². The van der Waals surface area contributed by atoms with Crippen molar-refractivity contribution in [1.29, 1.82) is 5.26 Å². The van der Waals surface area contributed by atoms with E-state index in [1.807, 2.05) is 24.4 Å². The summed E-state index contributed by atoms with van der Waals surface area (Å²) in [7, 11) is 0. The topological polar surface area (TPSA) is 62.7 Å². The van der Waals surface area contributed by atoms with Crippen LogP contribution in [0.4, 0.5) is 5.69 Å². The summed E-state index contributed by atoms with van der Waals surface area (Å²) in [6.07, 6.45) is 5.32. The van der Waals surface area contributed by atoms with Gasteiger partial charge in [-0.1, -0.05) is 6.07 Å². The molecular weight excluding hydrogens is 210 g/mol. The molecule has 1 heterocycles. The molecule has 0 unspecified atom stereocenters. The quantitative estimate of drug-likeness (QED) is 0.812. The molecule has 2 rings (SSSR count). The Morgan fingerprint density at radius 1 is 1.24 bits per heavy atom. The number of nitrogens with two attached hydrogens (primary N) is 1. The van der Waals surface area contributed by atoms with E-state index in [0.29, 0.717) is 5.56 Å². The summed E-state index contributed by atoms with van der Waals surface area (Å²) in [4.78, 5) is 4.07. The monoisotopic (exact) mass is 223 g/mol. The third kappa shape index (κ3) is 2.82. The molecule has 0 amide bonds. The smallest absolute Gasteiger partial charge is 0.0991 e. The van der Waals surface area contributed by atoms with Crippen molar-refractivity contribution in [2.45, 2.75) is 12.8 Å². The summed E-state index contributed by atoms with van der Waals surface area (Å²) in [5.74, 6) is 0. The van der Waals surface area contributed by atoms with Crippen molar-refractivity contribution in [2.24, 2.45) is 0 Å². The molecule has 0 saturated heterocycles. The molecule has 0 fully saturated rings. The van der Waals surface area contributed by atoms with Crippen molar-refractivity contribution >= 4 is 5.69 Å². The third-order valence-electron chi connectivity index (χ3n) is 2.68. The van der Waals surface area contributed by atoms with E-state index in [1.54, 1.807) is 18.3 Å². The first kappa shape index (κ1) is 11.2. The van der Waals surface area contributed by atoms with Gasteiger partial charge in [-0.2, -0.15) is 5.26 Å². The molecule has 2 N–H and O–H groups in total. The fourth-order valence-electron chi connectivity index (χ4n) is 1.72. The van der Waals surface area contributed by atoms with Crippen LogP contribution in [-0.2, 0) is 12.8 Å². The Balaban J connectivity index is 2.12. The predicted octanol–water partition coefficient (Wildman–Crippen LogP) is 2.32. The molecule has 0 aliphatic heterocycles. The molecule has 1 aromatic carbocycles. The molecule has 1 aromatic heterocycles. The number of pyridine rings is 1. The minimum absolute atomic E-state index is 0.653. The number of anilines is 1. The zero-order chi connectivity index (χ0) is 12.1. The van der Waals surface area contributed by atoms with Gasteiger partial charge in [0.25, 0.3) is 0 Å². The van der Waals surface area contributed by atoms with Crippen LogP contribution in [-0.4, -0.2) is 4.98 Å². The molecule has 17 heavy (non-hydrogen) atoms. The van der Waals surface area contributed by atoms with Crippen molar-refractivity contribution in [2.75, 3.05) is 5.73 Å². The van der Waals surface area contributed by atoms with Gasteiger partial charge in [-0.05, 0) is 48.2 Å². The number of nitrogen functional groups attached to an aromatic ring is 1. The fraction of sp³-hybridized carbons (Fsp3) is 0.143. The van der Waals surface area contributed by atoms with Gasteiger partial charge < -0.3 is 5.73 Å². The first-order valence-corrected chi connectivity index (χ1v) is 5.47. The first-order chi connectivity index (χ1) is 8.29. The number of benzene rings is 1. The van der Waals surface area contributed by atoms with E-state index in [4.69, 9.17) is 11.0 Å². The average Bonchev–Trinajstić information content (AvgIpc) is 2.39. The van der Waals surface area contributed by atoms with Crippen LogP contribution in [0.3, 0.4) is 0 Å². The lowest BCUT2D eigenvalue weighted by Crippen LogP contribution is -1.98. The Morgan fingerprint density at radius 3 is 2.82 bits per heavy atom. The molecule has 0 aliphatic rings. The Hall–Kier alpha value is -2.34. The largest absolute Gasteiger partial charge is 0.399 e. The summed E-state index contributed by atoms with van der Waals surface area (Å²) in [5.41, 5.74) is 9.48. The van der Waals surface area contributed by atoms with Crippen LogP contribution in [0.2, 0.25) is 0 Å². The van der Waals surface area contributed by atoms with Gasteiger partial charge in [-0.3, -0.25) is 4.98 Å². The maximum absolute atomic E-state index is 8.84. The van der Waals surface area contributed by atoms with E-state index in [0.717, 1.165) is 24.1 Å². The zero-order valence-electron chi connectivity index (χ0n) is 9.43. The van der Waals surface area contributed by atoms with Crippen molar-refractivity contribution in [3.05, 3.63) is 59.4 Å². The Labute approximate surface area is 101 Å². The van der Waals surface area contributed by atoms with Crippen molar-refractivity contribution in [1.82, 2.24) is 4.98 Å². The lowest BCUT2D eigenvalue weighted by atomic mass is 10.0. The van der Waals surface area contributed by atoms with E-state index in [2.05, 4.69) is 11.1 Å². The number of hydrogen-bond acceptors (Lipinski definition) is 3. The molecule has 2 aromatic rings. The van der Waals surface area contributed by atoms with E-state index >= 15 is 0 Å². The average molecular weight is 223 g/mol. The van der Waals surface area contributed by atoms with Gasteiger partial charge in [-0.25, -0.2) is 0 Å². The van der Waals surface area contributed by atoms with Crippen LogP contribution in [0.1, 0.15) is 16.7 Å². The minimum Gasteiger partial charge on any atom is -0.399 e. The second-order valence-electron chi connectivity index (χ2n) is 3.89. The first-order valence-electron chi connectivity index (χ1n) is 5.47. The molecule has 0 saturated carbocycles. The number of aryl methyl sites for hydroxylation is 2. The predicted molar refractivity (Wildman–Crippen MR) is 67.2 cm³/mol. The molecule has 0 atom stereocenters. The highest BCUT2D eigenvalue weighted by molar-refractivity contribution is 5.51. The molecule has 0 radical (unpaired) electrons. The highest BCUT2D eigenvalue weighted by Gasteiger charge is 2.02. The van der Waals surface area contributed by atoms with E-state index in [9.17, 15) is 0 Å². The van der Waals surface area contributed by atoms with Crippen LogP contribution in [0.25, 0.3) is 0 Å². The maximum atomic E-state index is 8.84. The Kier molecular flexibility index (Phi) is 3.37. The number of rotatable bonds is 3. The standard InChI is InChI=1S/C14H13N3/c15-9-12-4-6-14(16)13(8-12)5-3-11-2-1-7-17-10-11/h1-2,4,6-8,10H,3,5,16H2. The van der Waals surface area contributed by atoms with Crippen molar-refractivity contribution in [3.63, 3.8) is 0 Å². The summed E-state index contributed by atoms with van der Waals surface area (Å²) >= 11 is 0. The number of nitriles is 1. The molecule has 0 bridgehead atoms. The Morgan fingerprint density at radius 2 is 2.12 bits per heavy atom. The van der Waals surface area contributed by atoms with Crippen LogP contribution >= 0.6 is 0 Å². The lowest BCUT2D eigenvalue weighted by molar-refractivity contribution is 0.952. The van der Waals surface area contributed by atoms with Gasteiger partial charge in [0.2, 0.25) is 0 Å². The SMILES string of the molecule is N#Cc1ccc(N)c(CCc2cccnc2)c1. The second-order valence-corrected chi connectivity index (χ2v) is 3.89.